The summed E-state index contributed by atoms with van der Waals surface area (Å²) in [7, 11) is 0. The van der Waals surface area contributed by atoms with Gasteiger partial charge in [-0.3, -0.25) is 0 Å². The van der Waals surface area contributed by atoms with E-state index in [0.29, 0.717) is 11.8 Å². The number of aliphatic hydroxyl groups excluding tert-OH is 1. The van der Waals surface area contributed by atoms with E-state index < -0.39 is 0 Å². The van der Waals surface area contributed by atoms with Crippen molar-refractivity contribution in [3.05, 3.63) is 24.2 Å². The van der Waals surface area contributed by atoms with Crippen molar-refractivity contribution in [2.24, 2.45) is 5.92 Å². The zero-order valence-electron chi connectivity index (χ0n) is 6.86. The standard InChI is InChI=1S/C9H13NO2/c11-6-7-4-10-5-8(7)9-2-1-3-12-9/h1-3,7-8,10-11H,4-6H2/t7-,8+/m0/s1. The Kier molecular flexibility index (Phi) is 2.15. The predicted molar refractivity (Wildman–Crippen MR) is 44.9 cm³/mol. The molecule has 3 nitrogen and oxygen atoms in total. The largest absolute Gasteiger partial charge is 0.469 e. The number of aliphatic hydroxyl groups is 1. The molecule has 2 N–H and O–H groups in total. The molecule has 0 radical (unpaired) electrons. The Bertz CT molecular complexity index is 233. The Balaban J connectivity index is 2.13. The minimum Gasteiger partial charge on any atom is -0.469 e. The molecule has 2 rings (SSSR count). The van der Waals surface area contributed by atoms with Crippen LogP contribution in [-0.4, -0.2) is 24.8 Å². The van der Waals surface area contributed by atoms with Gasteiger partial charge in [0.25, 0.3) is 0 Å². The fourth-order valence-electron chi connectivity index (χ4n) is 1.76. The Morgan fingerprint density at radius 2 is 2.50 bits per heavy atom. The van der Waals surface area contributed by atoms with Crippen LogP contribution in [0.2, 0.25) is 0 Å². The number of rotatable bonds is 2. The van der Waals surface area contributed by atoms with Crippen molar-refractivity contribution in [3.8, 4) is 0 Å². The van der Waals surface area contributed by atoms with E-state index in [0.717, 1.165) is 18.8 Å². The number of hydrogen-bond donors (Lipinski definition) is 2. The molecule has 1 saturated heterocycles. The van der Waals surface area contributed by atoms with Crippen LogP contribution in [0.15, 0.2) is 22.8 Å². The third-order valence-electron chi connectivity index (χ3n) is 2.48. The minimum atomic E-state index is 0.234. The first-order valence-electron chi connectivity index (χ1n) is 4.27. The molecule has 1 aliphatic rings. The molecule has 0 bridgehead atoms. The quantitative estimate of drug-likeness (QED) is 0.677. The first-order chi connectivity index (χ1) is 5.92. The Morgan fingerprint density at radius 1 is 1.58 bits per heavy atom. The first-order valence-corrected chi connectivity index (χ1v) is 4.27. The molecule has 0 unspecified atom stereocenters. The monoisotopic (exact) mass is 167 g/mol. The van der Waals surface area contributed by atoms with Gasteiger partial charge in [-0.25, -0.2) is 0 Å². The average Bonchev–Trinajstić information content (AvgIpc) is 2.74. The lowest BCUT2D eigenvalue weighted by molar-refractivity contribution is 0.218. The van der Waals surface area contributed by atoms with Gasteiger partial charge in [0.15, 0.2) is 0 Å². The highest BCUT2D eigenvalue weighted by Crippen LogP contribution is 2.27. The normalized spacial score (nSPS) is 29.4. The molecule has 2 heterocycles. The molecule has 12 heavy (non-hydrogen) atoms. The predicted octanol–water partition coefficient (Wildman–Crippen LogP) is 0.575. The van der Waals surface area contributed by atoms with E-state index in [-0.39, 0.29) is 6.61 Å². The molecule has 0 amide bonds. The summed E-state index contributed by atoms with van der Waals surface area (Å²) in [6.45, 7) is 2.04. The van der Waals surface area contributed by atoms with Crippen LogP contribution in [0.5, 0.6) is 0 Å². The average molecular weight is 167 g/mol. The summed E-state index contributed by atoms with van der Waals surface area (Å²) in [5.41, 5.74) is 0. The van der Waals surface area contributed by atoms with Crippen molar-refractivity contribution < 1.29 is 9.52 Å². The van der Waals surface area contributed by atoms with Gasteiger partial charge in [0.1, 0.15) is 5.76 Å². The summed E-state index contributed by atoms with van der Waals surface area (Å²) in [5, 5.41) is 12.3. The zero-order chi connectivity index (χ0) is 8.39. The summed E-state index contributed by atoms with van der Waals surface area (Å²) >= 11 is 0. The van der Waals surface area contributed by atoms with E-state index in [9.17, 15) is 0 Å². The van der Waals surface area contributed by atoms with Crippen molar-refractivity contribution in [1.82, 2.24) is 5.32 Å². The van der Waals surface area contributed by atoms with E-state index in [1.54, 1.807) is 6.26 Å². The molecular weight excluding hydrogens is 154 g/mol. The van der Waals surface area contributed by atoms with Gasteiger partial charge in [-0.2, -0.15) is 0 Å². The number of nitrogens with one attached hydrogen (secondary N) is 1. The number of hydrogen-bond acceptors (Lipinski definition) is 3. The molecule has 0 saturated carbocycles. The molecule has 2 atom stereocenters. The van der Waals surface area contributed by atoms with Gasteiger partial charge in [0.2, 0.25) is 0 Å². The summed E-state index contributed by atoms with van der Waals surface area (Å²) < 4.78 is 5.30. The van der Waals surface area contributed by atoms with E-state index in [4.69, 9.17) is 9.52 Å². The second kappa shape index (κ2) is 3.29. The summed E-state index contributed by atoms with van der Waals surface area (Å²) in [4.78, 5) is 0. The molecule has 1 aromatic rings. The van der Waals surface area contributed by atoms with Gasteiger partial charge in [0, 0.05) is 31.5 Å². The lowest BCUT2D eigenvalue weighted by atomic mass is 9.95. The fourth-order valence-corrected chi connectivity index (χ4v) is 1.76. The Morgan fingerprint density at radius 3 is 3.17 bits per heavy atom. The van der Waals surface area contributed by atoms with Crippen molar-refractivity contribution in [3.63, 3.8) is 0 Å². The van der Waals surface area contributed by atoms with Crippen LogP contribution < -0.4 is 5.32 Å². The van der Waals surface area contributed by atoms with E-state index in [2.05, 4.69) is 5.32 Å². The maximum Gasteiger partial charge on any atom is 0.108 e. The second-order valence-corrected chi connectivity index (χ2v) is 3.22. The second-order valence-electron chi connectivity index (χ2n) is 3.22. The highest BCUT2D eigenvalue weighted by Gasteiger charge is 2.29. The van der Waals surface area contributed by atoms with E-state index in [1.165, 1.54) is 0 Å². The maximum absolute atomic E-state index is 9.05. The van der Waals surface area contributed by atoms with Crippen LogP contribution in [-0.2, 0) is 0 Å². The van der Waals surface area contributed by atoms with Crippen LogP contribution in [0.1, 0.15) is 11.7 Å². The smallest absolute Gasteiger partial charge is 0.108 e. The first kappa shape index (κ1) is 7.83. The zero-order valence-corrected chi connectivity index (χ0v) is 6.86. The van der Waals surface area contributed by atoms with Crippen molar-refractivity contribution in [1.29, 1.82) is 0 Å². The lowest BCUT2D eigenvalue weighted by Crippen LogP contribution is -2.14. The van der Waals surface area contributed by atoms with Crippen molar-refractivity contribution in [2.45, 2.75) is 5.92 Å². The molecule has 1 fully saturated rings. The van der Waals surface area contributed by atoms with Crippen LogP contribution in [0, 0.1) is 5.92 Å². The molecule has 3 heteroatoms. The van der Waals surface area contributed by atoms with Crippen LogP contribution >= 0.6 is 0 Å². The third-order valence-corrected chi connectivity index (χ3v) is 2.48. The SMILES string of the molecule is OC[C@@H]1CNC[C@H]1c1ccco1. The minimum absolute atomic E-state index is 0.234. The summed E-state index contributed by atoms with van der Waals surface area (Å²) in [6, 6.07) is 3.86. The van der Waals surface area contributed by atoms with Gasteiger partial charge in [-0.05, 0) is 12.1 Å². The topological polar surface area (TPSA) is 45.4 Å². The van der Waals surface area contributed by atoms with Gasteiger partial charge in [0.05, 0.1) is 6.26 Å². The fraction of sp³-hybridized carbons (Fsp3) is 0.556. The van der Waals surface area contributed by atoms with Crippen molar-refractivity contribution in [2.75, 3.05) is 19.7 Å². The van der Waals surface area contributed by atoms with Gasteiger partial charge in [-0.1, -0.05) is 0 Å². The Hall–Kier alpha value is -0.800. The molecule has 0 aliphatic carbocycles. The summed E-state index contributed by atoms with van der Waals surface area (Å²) in [5.74, 6) is 1.65. The van der Waals surface area contributed by atoms with Crippen LogP contribution in [0.25, 0.3) is 0 Å². The highest BCUT2D eigenvalue weighted by molar-refractivity contribution is 5.10. The Labute approximate surface area is 71.4 Å². The van der Waals surface area contributed by atoms with E-state index in [1.807, 2.05) is 12.1 Å². The van der Waals surface area contributed by atoms with Gasteiger partial charge >= 0.3 is 0 Å². The lowest BCUT2D eigenvalue weighted by Gasteiger charge is -2.12. The molecule has 1 aromatic heterocycles. The molecule has 0 spiro atoms. The molecular formula is C9H13NO2. The molecule has 0 aromatic carbocycles. The molecule has 66 valence electrons. The van der Waals surface area contributed by atoms with Crippen LogP contribution in [0.4, 0.5) is 0 Å². The third kappa shape index (κ3) is 1.26. The molecule has 1 aliphatic heterocycles. The highest BCUT2D eigenvalue weighted by atomic mass is 16.3. The van der Waals surface area contributed by atoms with Gasteiger partial charge in [-0.15, -0.1) is 0 Å². The van der Waals surface area contributed by atoms with Crippen molar-refractivity contribution >= 4 is 0 Å². The maximum atomic E-state index is 9.05. The number of furan rings is 1. The van der Waals surface area contributed by atoms with Gasteiger partial charge < -0.3 is 14.8 Å². The van der Waals surface area contributed by atoms with E-state index >= 15 is 0 Å². The summed E-state index contributed by atoms with van der Waals surface area (Å²) in [6.07, 6.45) is 1.68. The van der Waals surface area contributed by atoms with Crippen LogP contribution in [0.3, 0.4) is 0 Å².